The zero-order valence-corrected chi connectivity index (χ0v) is 6.84. The number of aromatic nitrogens is 2. The fourth-order valence-electron chi connectivity index (χ4n) is 1.28. The summed E-state index contributed by atoms with van der Waals surface area (Å²) in [6.07, 6.45) is -2.36. The van der Waals surface area contributed by atoms with Gasteiger partial charge in [0.15, 0.2) is 0 Å². The molecule has 0 aromatic carbocycles. The van der Waals surface area contributed by atoms with Crippen molar-refractivity contribution in [1.82, 2.24) is 9.66 Å². The van der Waals surface area contributed by atoms with Crippen molar-refractivity contribution < 1.29 is 13.2 Å². The van der Waals surface area contributed by atoms with Gasteiger partial charge in [0.25, 0.3) is 0 Å². The Kier molecular flexibility index (Phi) is 1.67. The van der Waals surface area contributed by atoms with Crippen LogP contribution in [0.25, 0.3) is 16.9 Å². The monoisotopic (exact) mass is 200 g/mol. The third kappa shape index (κ3) is 1.19. The van der Waals surface area contributed by atoms with Gasteiger partial charge in [-0.15, -0.1) is 0 Å². The molecule has 0 radical (unpaired) electrons. The van der Waals surface area contributed by atoms with E-state index in [1.807, 2.05) is 0 Å². The number of pyridine rings is 1. The molecule has 2 rings (SSSR count). The third-order valence-corrected chi connectivity index (χ3v) is 1.87. The summed E-state index contributed by atoms with van der Waals surface area (Å²) in [6, 6.07) is 2.72. The highest BCUT2D eigenvalue weighted by molar-refractivity contribution is 5.81. The SMILES string of the molecule is [NH-]n1cc(C(F)(F)F)c2cccnc21. The molecule has 0 aliphatic heterocycles. The van der Waals surface area contributed by atoms with E-state index >= 15 is 0 Å². The Bertz CT molecular complexity index is 472. The highest BCUT2D eigenvalue weighted by Crippen LogP contribution is 2.35. The molecule has 0 aliphatic rings. The molecule has 74 valence electrons. The van der Waals surface area contributed by atoms with Gasteiger partial charge in [0, 0.05) is 17.8 Å². The van der Waals surface area contributed by atoms with Gasteiger partial charge in [-0.3, -0.25) is 0 Å². The van der Waals surface area contributed by atoms with E-state index in [4.69, 9.17) is 5.84 Å². The minimum absolute atomic E-state index is 0.0137. The first-order chi connectivity index (χ1) is 6.50. The van der Waals surface area contributed by atoms with E-state index in [1.165, 1.54) is 18.3 Å². The highest BCUT2D eigenvalue weighted by Gasteiger charge is 2.33. The minimum atomic E-state index is -4.44. The molecule has 1 N–H and O–H groups in total. The summed E-state index contributed by atoms with van der Waals surface area (Å²) < 4.78 is 37.8. The summed E-state index contributed by atoms with van der Waals surface area (Å²) in [5, 5.41) is -0.0463. The second-order valence-electron chi connectivity index (χ2n) is 2.79. The van der Waals surface area contributed by atoms with Crippen LogP contribution in [-0.2, 0) is 6.18 Å². The van der Waals surface area contributed by atoms with Gasteiger partial charge in [-0.05, 0) is 12.1 Å². The normalized spacial score (nSPS) is 12.2. The number of nitrogens with zero attached hydrogens (tertiary/aromatic N) is 2. The molecule has 0 aliphatic carbocycles. The molecule has 0 unspecified atom stereocenters. The molecule has 0 saturated carbocycles. The molecule has 2 aromatic heterocycles. The van der Waals surface area contributed by atoms with Crippen LogP contribution in [0.1, 0.15) is 5.56 Å². The van der Waals surface area contributed by atoms with Crippen LogP contribution in [0, 0.1) is 0 Å². The zero-order valence-electron chi connectivity index (χ0n) is 6.84. The van der Waals surface area contributed by atoms with Gasteiger partial charge in [0.05, 0.1) is 5.56 Å². The van der Waals surface area contributed by atoms with E-state index in [9.17, 15) is 13.2 Å². The first-order valence-electron chi connectivity index (χ1n) is 3.75. The Hall–Kier alpha value is -1.72. The zero-order chi connectivity index (χ0) is 10.3. The number of nitrogens with one attached hydrogen (secondary N) is 1. The summed E-state index contributed by atoms with van der Waals surface area (Å²) in [5.74, 6) is 7.22. The second kappa shape index (κ2) is 2.63. The van der Waals surface area contributed by atoms with Gasteiger partial charge in [-0.25, -0.2) is 4.98 Å². The minimum Gasteiger partial charge on any atom is -0.630 e. The van der Waals surface area contributed by atoms with Crippen LogP contribution in [0.4, 0.5) is 13.2 Å². The predicted octanol–water partition coefficient (Wildman–Crippen LogP) is 2.87. The lowest BCUT2D eigenvalue weighted by Gasteiger charge is -2.03. The van der Waals surface area contributed by atoms with E-state index in [0.717, 1.165) is 6.20 Å². The van der Waals surface area contributed by atoms with Gasteiger partial charge < -0.3 is 10.5 Å². The Balaban J connectivity index is 2.80. The van der Waals surface area contributed by atoms with Crippen molar-refractivity contribution in [3.8, 4) is 0 Å². The third-order valence-electron chi connectivity index (χ3n) is 1.87. The lowest BCUT2D eigenvalue weighted by atomic mass is 10.2. The Morgan fingerprint density at radius 3 is 2.71 bits per heavy atom. The van der Waals surface area contributed by atoms with Crippen molar-refractivity contribution in [1.29, 1.82) is 0 Å². The van der Waals surface area contributed by atoms with Crippen LogP contribution in [0.15, 0.2) is 24.5 Å². The fraction of sp³-hybridized carbons (Fsp3) is 0.125. The molecule has 0 saturated heterocycles. The van der Waals surface area contributed by atoms with Crippen LogP contribution >= 0.6 is 0 Å². The van der Waals surface area contributed by atoms with E-state index in [0.29, 0.717) is 4.68 Å². The predicted molar refractivity (Wildman–Crippen MR) is 44.5 cm³/mol. The molecule has 0 bridgehead atoms. The molecule has 2 heterocycles. The number of fused-ring (bicyclic) bond motifs is 1. The summed E-state index contributed by atoms with van der Waals surface area (Å²) in [5.41, 5.74) is -0.810. The molecule has 2 aromatic rings. The maximum atomic E-state index is 12.4. The Labute approximate surface area is 76.9 Å². The van der Waals surface area contributed by atoms with Crippen molar-refractivity contribution >= 4 is 11.0 Å². The second-order valence-corrected chi connectivity index (χ2v) is 2.79. The molecule has 0 spiro atoms. The molecule has 0 atom stereocenters. The Morgan fingerprint density at radius 1 is 1.36 bits per heavy atom. The maximum absolute atomic E-state index is 12.4. The molecule has 3 nitrogen and oxygen atoms in total. The van der Waals surface area contributed by atoms with Crippen LogP contribution < -0.4 is 0 Å². The lowest BCUT2D eigenvalue weighted by Crippen LogP contribution is -2.03. The van der Waals surface area contributed by atoms with E-state index in [2.05, 4.69) is 4.98 Å². The molecule has 0 amide bonds. The van der Waals surface area contributed by atoms with Gasteiger partial charge in [0.1, 0.15) is 5.65 Å². The van der Waals surface area contributed by atoms with E-state index in [1.54, 1.807) is 0 Å². The van der Waals surface area contributed by atoms with Crippen LogP contribution in [-0.4, -0.2) is 9.66 Å². The van der Waals surface area contributed by atoms with Crippen molar-refractivity contribution in [3.63, 3.8) is 0 Å². The first kappa shape index (κ1) is 8.86. The Morgan fingerprint density at radius 2 is 2.07 bits per heavy atom. The first-order valence-corrected chi connectivity index (χ1v) is 3.75. The summed E-state index contributed by atoms with van der Waals surface area (Å²) >= 11 is 0. The number of hydrogen-bond acceptors (Lipinski definition) is 1. The number of rotatable bonds is 0. The van der Waals surface area contributed by atoms with Crippen LogP contribution in [0.5, 0.6) is 0 Å². The van der Waals surface area contributed by atoms with Gasteiger partial charge >= 0.3 is 6.18 Å². The summed E-state index contributed by atoms with van der Waals surface area (Å²) in [4.78, 5) is 3.69. The number of alkyl halides is 3. The number of hydrogen-bond donors (Lipinski definition) is 0. The maximum Gasteiger partial charge on any atom is 0.418 e. The largest absolute Gasteiger partial charge is 0.630 e. The van der Waals surface area contributed by atoms with Gasteiger partial charge in [-0.1, -0.05) is 0 Å². The van der Waals surface area contributed by atoms with E-state index < -0.39 is 11.7 Å². The van der Waals surface area contributed by atoms with Crippen LogP contribution in [0.3, 0.4) is 0 Å². The molecule has 14 heavy (non-hydrogen) atoms. The van der Waals surface area contributed by atoms with Crippen molar-refractivity contribution in [3.05, 3.63) is 35.9 Å². The summed E-state index contributed by atoms with van der Waals surface area (Å²) in [6.45, 7) is 0. The topological polar surface area (TPSA) is 41.6 Å². The average molecular weight is 200 g/mol. The van der Waals surface area contributed by atoms with Crippen molar-refractivity contribution in [2.45, 2.75) is 6.18 Å². The smallest absolute Gasteiger partial charge is 0.418 e. The summed E-state index contributed by atoms with van der Waals surface area (Å²) in [7, 11) is 0. The quantitative estimate of drug-likeness (QED) is 0.644. The molecule has 0 fully saturated rings. The lowest BCUT2D eigenvalue weighted by molar-refractivity contribution is -0.136. The highest BCUT2D eigenvalue weighted by atomic mass is 19.4. The van der Waals surface area contributed by atoms with Crippen LogP contribution in [0.2, 0.25) is 0 Å². The molecular formula is C8H5F3N3-. The molecule has 6 heteroatoms. The standard InChI is InChI=1S/C8H5F3N3/c9-8(10,11)6-4-14(12)7-5(6)2-1-3-13-7/h1-4,12H/q-1. The van der Waals surface area contributed by atoms with E-state index in [-0.39, 0.29) is 11.0 Å². The van der Waals surface area contributed by atoms with Crippen molar-refractivity contribution in [2.75, 3.05) is 0 Å². The average Bonchev–Trinajstić information content (AvgIpc) is 2.44. The number of halogens is 3. The van der Waals surface area contributed by atoms with Gasteiger partial charge in [-0.2, -0.15) is 13.2 Å². The fourth-order valence-corrected chi connectivity index (χ4v) is 1.28. The molecular weight excluding hydrogens is 195 g/mol. The van der Waals surface area contributed by atoms with Crippen molar-refractivity contribution in [2.24, 2.45) is 0 Å². The van der Waals surface area contributed by atoms with Gasteiger partial charge in [0.2, 0.25) is 0 Å².